The van der Waals surface area contributed by atoms with E-state index in [1.54, 1.807) is 0 Å². The van der Waals surface area contributed by atoms with Gasteiger partial charge in [-0.25, -0.2) is 0 Å². The van der Waals surface area contributed by atoms with E-state index in [0.29, 0.717) is 36.6 Å². The molecule has 3 heterocycles. The van der Waals surface area contributed by atoms with Crippen LogP contribution in [0.4, 0.5) is 0 Å². The van der Waals surface area contributed by atoms with Crippen LogP contribution in [0.2, 0.25) is 0 Å². The molecule has 6 nitrogen and oxygen atoms in total. The molecule has 4 aliphatic rings. The molecular weight excluding hydrogens is 486 g/mol. The zero-order chi connectivity index (χ0) is 22.1. The van der Waals surface area contributed by atoms with Crippen LogP contribution in [0.5, 0.6) is 0 Å². The minimum absolute atomic E-state index is 0. The highest BCUT2D eigenvalue weighted by atomic mass is 79.9. The normalized spacial score (nSPS) is 31.7. The van der Waals surface area contributed by atoms with E-state index in [1.165, 1.54) is 32.1 Å². The largest absolute Gasteiger partial charge is 0.464 e. The van der Waals surface area contributed by atoms with Crippen LogP contribution in [-0.2, 0) is 23.8 Å². The molecule has 0 radical (unpaired) electrons. The second kappa shape index (κ2) is 10.9. The number of benzene rings is 1. The number of epoxide rings is 1. The van der Waals surface area contributed by atoms with E-state index in [4.69, 9.17) is 14.2 Å². The Labute approximate surface area is 207 Å². The Bertz CT molecular complexity index is 796. The van der Waals surface area contributed by atoms with Crippen LogP contribution in [-0.4, -0.2) is 60.9 Å². The van der Waals surface area contributed by atoms with Gasteiger partial charge in [-0.1, -0.05) is 62.4 Å². The second-order valence-corrected chi connectivity index (χ2v) is 10.1. The number of piperidine rings is 1. The number of nitrogens with zero attached hydrogens (tertiary/aromatic N) is 1. The molecule has 1 aromatic rings. The van der Waals surface area contributed by atoms with Crippen molar-refractivity contribution in [2.45, 2.75) is 94.1 Å². The first kappa shape index (κ1) is 24.7. The quantitative estimate of drug-likeness (QED) is 0.372. The van der Waals surface area contributed by atoms with Crippen LogP contribution >= 0.6 is 17.0 Å². The summed E-state index contributed by atoms with van der Waals surface area (Å²) in [7, 11) is 2.14. The highest BCUT2D eigenvalue weighted by Gasteiger charge is 2.62. The van der Waals surface area contributed by atoms with Crippen LogP contribution in [0.3, 0.4) is 0 Å². The number of likely N-dealkylation sites (N-methyl/N-ethyl adjacent to an activating group) is 1. The van der Waals surface area contributed by atoms with Gasteiger partial charge in [0.25, 0.3) is 0 Å². The highest BCUT2D eigenvalue weighted by Crippen LogP contribution is 2.48. The predicted molar refractivity (Wildman–Crippen MR) is 129 cm³/mol. The molecular formula is C26H36BrNO5. The van der Waals surface area contributed by atoms with E-state index in [9.17, 15) is 9.59 Å². The Morgan fingerprint density at radius 3 is 2.39 bits per heavy atom. The van der Waals surface area contributed by atoms with Gasteiger partial charge >= 0.3 is 11.9 Å². The van der Waals surface area contributed by atoms with Crippen LogP contribution in [0, 0.1) is 5.92 Å². The molecule has 182 valence electrons. The van der Waals surface area contributed by atoms with Gasteiger partial charge in [-0.15, -0.1) is 17.0 Å². The number of carbonyl (C=O) groups excluding carboxylic acids is 2. The van der Waals surface area contributed by atoms with Gasteiger partial charge in [-0.3, -0.25) is 14.5 Å². The molecule has 4 fully saturated rings. The van der Waals surface area contributed by atoms with Crippen molar-refractivity contribution in [2.24, 2.45) is 5.92 Å². The number of morpholine rings is 1. The third-order valence-electron chi connectivity index (χ3n) is 8.04. The molecule has 6 atom stereocenters. The molecule has 2 bridgehead atoms. The van der Waals surface area contributed by atoms with Crippen LogP contribution in [0.25, 0.3) is 0 Å². The summed E-state index contributed by atoms with van der Waals surface area (Å²) >= 11 is 0. The molecule has 7 heteroatoms. The molecule has 3 aliphatic heterocycles. The van der Waals surface area contributed by atoms with Crippen molar-refractivity contribution in [3.8, 4) is 0 Å². The van der Waals surface area contributed by atoms with Crippen molar-refractivity contribution in [3.05, 3.63) is 35.9 Å². The average Bonchev–Trinajstić information content (AvgIpc) is 3.58. The number of hydrogen-bond donors (Lipinski definition) is 0. The maximum atomic E-state index is 13.2. The minimum Gasteiger partial charge on any atom is -0.464 e. The van der Waals surface area contributed by atoms with E-state index in [2.05, 4.69) is 11.9 Å². The van der Waals surface area contributed by atoms with E-state index in [1.807, 2.05) is 30.3 Å². The number of hydrogen-bond acceptors (Lipinski definition) is 6. The first-order valence-corrected chi connectivity index (χ1v) is 12.4. The lowest BCUT2D eigenvalue weighted by Crippen LogP contribution is -2.48. The van der Waals surface area contributed by atoms with Gasteiger partial charge < -0.3 is 14.2 Å². The number of esters is 2. The summed E-state index contributed by atoms with van der Waals surface area (Å²) in [6.07, 6.45) is 9.76. The summed E-state index contributed by atoms with van der Waals surface area (Å²) in [5.41, 5.74) is 0.833. The number of fused-ring (bicyclic) bond motifs is 5. The SMILES string of the molecule is Br.CN1[C@@H]2C[C@@H](OC(=O)[C@H](COC(=O)CCC3CCCCC3)c3ccccc3)C[C@H]1[C@@H]1O[C@@H]12. The first-order chi connectivity index (χ1) is 15.6. The Hall–Kier alpha value is -1.44. The van der Waals surface area contributed by atoms with Gasteiger partial charge in [0.05, 0.1) is 0 Å². The summed E-state index contributed by atoms with van der Waals surface area (Å²) in [5.74, 6) is -0.446. The number of rotatable bonds is 8. The number of halogens is 1. The van der Waals surface area contributed by atoms with E-state index >= 15 is 0 Å². The van der Waals surface area contributed by atoms with Gasteiger partial charge in [0, 0.05) is 31.3 Å². The summed E-state index contributed by atoms with van der Waals surface area (Å²) in [4.78, 5) is 28.0. The van der Waals surface area contributed by atoms with Crippen LogP contribution in [0.1, 0.15) is 69.3 Å². The van der Waals surface area contributed by atoms with Crippen molar-refractivity contribution >= 4 is 28.9 Å². The molecule has 3 saturated heterocycles. The summed E-state index contributed by atoms with van der Waals surface area (Å²) in [6, 6.07) is 10.2. The van der Waals surface area contributed by atoms with Crippen molar-refractivity contribution in [2.75, 3.05) is 13.7 Å². The smallest absolute Gasteiger partial charge is 0.317 e. The second-order valence-electron chi connectivity index (χ2n) is 10.1. The summed E-state index contributed by atoms with van der Waals surface area (Å²) in [5, 5.41) is 0. The third kappa shape index (κ3) is 5.63. The van der Waals surface area contributed by atoms with Gasteiger partial charge in [0.1, 0.15) is 30.8 Å². The van der Waals surface area contributed by atoms with Crippen LogP contribution < -0.4 is 0 Å². The minimum atomic E-state index is -0.585. The van der Waals surface area contributed by atoms with Crippen LogP contribution in [0.15, 0.2) is 30.3 Å². The maximum absolute atomic E-state index is 13.2. The number of ether oxygens (including phenoxy) is 3. The van der Waals surface area contributed by atoms with Crippen molar-refractivity contribution in [3.63, 3.8) is 0 Å². The molecule has 5 rings (SSSR count). The van der Waals surface area contributed by atoms with Gasteiger partial charge in [-0.2, -0.15) is 0 Å². The molecule has 0 N–H and O–H groups in total. The molecule has 1 aromatic carbocycles. The van der Waals surface area contributed by atoms with Crippen molar-refractivity contribution in [1.29, 1.82) is 0 Å². The zero-order valence-corrected chi connectivity index (χ0v) is 21.1. The van der Waals surface area contributed by atoms with Gasteiger partial charge in [-0.05, 0) is 24.9 Å². The van der Waals surface area contributed by atoms with E-state index in [0.717, 1.165) is 24.8 Å². The highest BCUT2D eigenvalue weighted by molar-refractivity contribution is 8.93. The van der Waals surface area contributed by atoms with Crippen molar-refractivity contribution in [1.82, 2.24) is 4.90 Å². The lowest BCUT2D eigenvalue weighted by Gasteiger charge is -2.38. The number of carbonyl (C=O) groups is 2. The average molecular weight is 522 g/mol. The molecule has 1 saturated carbocycles. The molecule has 33 heavy (non-hydrogen) atoms. The standard InChI is InChI=1S/C26H35NO5.BrH/c1-27-21-14-19(15-22(27)25-24(21)32-25)31-26(29)20(18-10-6-3-7-11-18)16-30-23(28)13-12-17-8-4-2-5-9-17;/h3,6-7,10-11,17,19-22,24-25H,2,4-5,8-9,12-16H2,1H3;1H/t19-,20-,21-,22+,24-,25+;/m1./s1. The fourth-order valence-electron chi connectivity index (χ4n) is 6.08. The van der Waals surface area contributed by atoms with Crippen molar-refractivity contribution < 1.29 is 23.8 Å². The monoisotopic (exact) mass is 521 g/mol. The molecule has 0 amide bonds. The molecule has 0 aromatic heterocycles. The zero-order valence-electron chi connectivity index (χ0n) is 19.4. The maximum Gasteiger partial charge on any atom is 0.317 e. The fraction of sp³-hybridized carbons (Fsp3) is 0.692. The third-order valence-corrected chi connectivity index (χ3v) is 8.04. The predicted octanol–water partition coefficient (Wildman–Crippen LogP) is 4.41. The van der Waals surface area contributed by atoms with Gasteiger partial charge in [0.2, 0.25) is 0 Å². The van der Waals surface area contributed by atoms with E-state index < -0.39 is 5.92 Å². The first-order valence-electron chi connectivity index (χ1n) is 12.4. The Kier molecular flexibility index (Phi) is 8.13. The van der Waals surface area contributed by atoms with Gasteiger partial charge in [0.15, 0.2) is 0 Å². The summed E-state index contributed by atoms with van der Waals surface area (Å²) < 4.78 is 17.3. The fourth-order valence-corrected chi connectivity index (χ4v) is 6.08. The topological polar surface area (TPSA) is 68.4 Å². The molecule has 0 spiro atoms. The molecule has 0 unspecified atom stereocenters. The Morgan fingerprint density at radius 1 is 1.06 bits per heavy atom. The van der Waals surface area contributed by atoms with E-state index in [-0.39, 0.29) is 41.6 Å². The Morgan fingerprint density at radius 2 is 1.73 bits per heavy atom. The lowest BCUT2D eigenvalue weighted by atomic mass is 9.86. The lowest BCUT2D eigenvalue weighted by molar-refractivity contribution is -0.159. The summed E-state index contributed by atoms with van der Waals surface area (Å²) in [6.45, 7) is 0.0419. The molecule has 1 aliphatic carbocycles. The Balaban J connectivity index is 0.00000259.